The number of benzene rings is 2. The van der Waals surface area contributed by atoms with E-state index >= 15 is 0 Å². The van der Waals surface area contributed by atoms with Gasteiger partial charge >= 0.3 is 5.97 Å². The van der Waals surface area contributed by atoms with Crippen molar-refractivity contribution in [2.75, 3.05) is 12.3 Å². The highest BCUT2D eigenvalue weighted by atomic mass is 16.4. The van der Waals surface area contributed by atoms with E-state index < -0.39 is 5.97 Å². The van der Waals surface area contributed by atoms with Crippen molar-refractivity contribution in [3.8, 4) is 0 Å². The van der Waals surface area contributed by atoms with Gasteiger partial charge in [0.25, 0.3) is 0 Å². The number of anilines is 1. The van der Waals surface area contributed by atoms with Crippen molar-refractivity contribution < 1.29 is 14.7 Å². The Morgan fingerprint density at radius 1 is 1.17 bits per heavy atom. The third kappa shape index (κ3) is 4.85. The molecule has 0 atom stereocenters. The minimum absolute atomic E-state index is 0.0524. The average Bonchev–Trinajstić information content (AvgIpc) is 2.51. The largest absolute Gasteiger partial charge is 0.481 e. The molecule has 2 aromatic carbocycles. The summed E-state index contributed by atoms with van der Waals surface area (Å²) in [5.41, 5.74) is 7.99. The van der Waals surface area contributed by atoms with E-state index in [-0.39, 0.29) is 12.3 Å². The van der Waals surface area contributed by atoms with Crippen LogP contribution in [-0.2, 0) is 9.59 Å². The van der Waals surface area contributed by atoms with Gasteiger partial charge in [-0.2, -0.15) is 0 Å². The number of carbonyl (C=O) groups is 2. The third-order valence-electron chi connectivity index (χ3n) is 3.48. The van der Waals surface area contributed by atoms with E-state index in [0.717, 1.165) is 22.0 Å². The molecule has 0 aliphatic carbocycles. The van der Waals surface area contributed by atoms with Crippen molar-refractivity contribution in [3.63, 3.8) is 0 Å². The van der Waals surface area contributed by atoms with E-state index in [0.29, 0.717) is 18.5 Å². The van der Waals surface area contributed by atoms with Gasteiger partial charge in [0, 0.05) is 24.2 Å². The number of nitrogens with two attached hydrogens (primary N) is 1. The van der Waals surface area contributed by atoms with E-state index in [2.05, 4.69) is 5.32 Å². The highest BCUT2D eigenvalue weighted by Crippen LogP contribution is 2.20. The lowest BCUT2D eigenvalue weighted by Gasteiger charge is -2.05. The third-order valence-corrected chi connectivity index (χ3v) is 3.48. The number of hydrogen-bond acceptors (Lipinski definition) is 3. The van der Waals surface area contributed by atoms with E-state index in [9.17, 15) is 9.59 Å². The summed E-state index contributed by atoms with van der Waals surface area (Å²) in [6.07, 6.45) is 2.28. The van der Waals surface area contributed by atoms with Crippen LogP contribution in [0.5, 0.6) is 0 Å². The van der Waals surface area contributed by atoms with Gasteiger partial charge in [-0.3, -0.25) is 9.59 Å². The van der Waals surface area contributed by atoms with Crippen LogP contribution in [0.1, 0.15) is 25.3 Å². The van der Waals surface area contributed by atoms with Crippen LogP contribution in [0.25, 0.3) is 16.8 Å². The first kappa shape index (κ1) is 16.5. The molecule has 0 unspecified atom stereocenters. The Hall–Kier alpha value is -2.82. The molecule has 0 aromatic heterocycles. The van der Waals surface area contributed by atoms with Crippen LogP contribution >= 0.6 is 0 Å². The Balaban J connectivity index is 2.03. The van der Waals surface area contributed by atoms with Gasteiger partial charge in [0.05, 0.1) is 0 Å². The summed E-state index contributed by atoms with van der Waals surface area (Å²) in [5.74, 6) is -1.05. The molecule has 4 N–H and O–H groups in total. The number of carboxylic acid groups (broad SMARTS) is 1. The van der Waals surface area contributed by atoms with Gasteiger partial charge in [-0.25, -0.2) is 0 Å². The minimum atomic E-state index is -0.858. The Labute approximate surface area is 134 Å². The zero-order chi connectivity index (χ0) is 16.8. The van der Waals surface area contributed by atoms with Crippen LogP contribution in [0.2, 0.25) is 0 Å². The van der Waals surface area contributed by atoms with E-state index in [1.165, 1.54) is 0 Å². The molecule has 0 saturated heterocycles. The molecule has 0 bridgehead atoms. The lowest BCUT2D eigenvalue weighted by molar-refractivity contribution is -0.137. The summed E-state index contributed by atoms with van der Waals surface area (Å²) >= 11 is 0. The summed E-state index contributed by atoms with van der Waals surface area (Å²) in [7, 11) is 0. The Kier molecular flexibility index (Phi) is 5.36. The number of nitrogens with one attached hydrogen (secondary N) is 1. The Bertz CT molecular complexity index is 766. The molecular formula is C18H20N2O3. The van der Waals surface area contributed by atoms with E-state index in [1.54, 1.807) is 6.92 Å². The number of amides is 1. The van der Waals surface area contributed by atoms with Crippen LogP contribution in [0.15, 0.2) is 42.0 Å². The molecule has 2 rings (SSSR count). The number of fused-ring (bicyclic) bond motifs is 1. The van der Waals surface area contributed by atoms with Gasteiger partial charge in [0.2, 0.25) is 5.91 Å². The van der Waals surface area contributed by atoms with Crippen molar-refractivity contribution in [2.45, 2.75) is 19.8 Å². The smallest absolute Gasteiger partial charge is 0.303 e. The molecule has 5 heteroatoms. The van der Waals surface area contributed by atoms with Gasteiger partial charge in [-0.1, -0.05) is 18.2 Å². The predicted molar refractivity (Wildman–Crippen MR) is 91.9 cm³/mol. The zero-order valence-corrected chi connectivity index (χ0v) is 13.0. The number of rotatable bonds is 6. The van der Waals surface area contributed by atoms with Gasteiger partial charge in [-0.15, -0.1) is 0 Å². The maximum Gasteiger partial charge on any atom is 0.303 e. The molecule has 0 fully saturated rings. The molecule has 0 saturated carbocycles. The molecule has 0 spiro atoms. The summed E-state index contributed by atoms with van der Waals surface area (Å²) in [4.78, 5) is 22.4. The highest BCUT2D eigenvalue weighted by Gasteiger charge is 2.05. The second-order valence-electron chi connectivity index (χ2n) is 5.45. The second-order valence-corrected chi connectivity index (χ2v) is 5.45. The minimum Gasteiger partial charge on any atom is -0.481 e. The Morgan fingerprint density at radius 3 is 2.61 bits per heavy atom. The van der Waals surface area contributed by atoms with Crippen LogP contribution in [0.4, 0.5) is 5.69 Å². The van der Waals surface area contributed by atoms with E-state index in [1.807, 2.05) is 42.5 Å². The van der Waals surface area contributed by atoms with Gasteiger partial charge in [-0.05, 0) is 54.0 Å². The summed E-state index contributed by atoms with van der Waals surface area (Å²) in [6, 6.07) is 11.6. The first-order valence-corrected chi connectivity index (χ1v) is 7.43. The van der Waals surface area contributed by atoms with Crippen LogP contribution < -0.4 is 11.1 Å². The van der Waals surface area contributed by atoms with Crippen LogP contribution in [-0.4, -0.2) is 23.5 Å². The van der Waals surface area contributed by atoms with Gasteiger partial charge < -0.3 is 16.2 Å². The van der Waals surface area contributed by atoms with Crippen molar-refractivity contribution in [1.82, 2.24) is 5.32 Å². The quantitative estimate of drug-likeness (QED) is 0.434. The first-order chi connectivity index (χ1) is 11.0. The molecule has 2 aromatic rings. The molecule has 23 heavy (non-hydrogen) atoms. The number of aliphatic carboxylic acids is 1. The monoisotopic (exact) mass is 312 g/mol. The lowest BCUT2D eigenvalue weighted by atomic mass is 10.0. The zero-order valence-electron chi connectivity index (χ0n) is 13.0. The molecule has 0 heterocycles. The maximum atomic E-state index is 12.0. The predicted octanol–water partition coefficient (Wildman–Crippen LogP) is 2.81. The first-order valence-electron chi connectivity index (χ1n) is 7.43. The molecule has 120 valence electrons. The summed E-state index contributed by atoms with van der Waals surface area (Å²) < 4.78 is 0. The van der Waals surface area contributed by atoms with Crippen molar-refractivity contribution in [1.29, 1.82) is 0 Å². The fourth-order valence-electron chi connectivity index (χ4n) is 2.27. The lowest BCUT2D eigenvalue weighted by Crippen LogP contribution is -2.25. The SMILES string of the molecule is C/C(=C\c1ccc2cc(N)ccc2c1)C(=O)NCCCC(=O)O. The molecular weight excluding hydrogens is 292 g/mol. The maximum absolute atomic E-state index is 12.0. The second kappa shape index (κ2) is 7.45. The molecule has 0 radical (unpaired) electrons. The standard InChI is InChI=1S/C18H20N2O3/c1-12(18(23)20-8-2-3-17(21)22)9-13-4-5-15-11-16(19)7-6-14(15)10-13/h4-7,9-11H,2-3,8,19H2,1H3,(H,20,23)(H,21,22)/b12-9+. The van der Waals surface area contributed by atoms with Crippen molar-refractivity contribution in [2.24, 2.45) is 0 Å². The fraction of sp³-hybridized carbons (Fsp3) is 0.222. The number of carbonyl (C=O) groups excluding carboxylic acids is 1. The van der Waals surface area contributed by atoms with E-state index in [4.69, 9.17) is 10.8 Å². The van der Waals surface area contributed by atoms with Gasteiger partial charge in [0.1, 0.15) is 0 Å². The highest BCUT2D eigenvalue weighted by molar-refractivity contribution is 5.98. The normalized spacial score (nSPS) is 11.4. The van der Waals surface area contributed by atoms with Gasteiger partial charge in [0.15, 0.2) is 0 Å². The number of hydrogen-bond donors (Lipinski definition) is 3. The van der Waals surface area contributed by atoms with Crippen molar-refractivity contribution in [3.05, 3.63) is 47.5 Å². The summed E-state index contributed by atoms with van der Waals surface area (Å²) in [5, 5.41) is 13.4. The molecule has 5 nitrogen and oxygen atoms in total. The molecule has 0 aliphatic heterocycles. The Morgan fingerprint density at radius 2 is 1.87 bits per heavy atom. The fourth-order valence-corrected chi connectivity index (χ4v) is 2.27. The number of carboxylic acids is 1. The molecule has 0 aliphatic rings. The number of nitrogen functional groups attached to an aromatic ring is 1. The van der Waals surface area contributed by atoms with Crippen LogP contribution in [0.3, 0.4) is 0 Å². The summed E-state index contributed by atoms with van der Waals surface area (Å²) in [6.45, 7) is 2.09. The topological polar surface area (TPSA) is 92.4 Å². The van der Waals surface area contributed by atoms with Crippen LogP contribution in [0, 0.1) is 0 Å². The molecule has 1 amide bonds. The average molecular weight is 312 g/mol. The van der Waals surface area contributed by atoms with Crippen molar-refractivity contribution >= 4 is 34.4 Å².